The van der Waals surface area contributed by atoms with Crippen molar-refractivity contribution in [2.24, 2.45) is 0 Å². The van der Waals surface area contributed by atoms with E-state index in [0.717, 1.165) is 0 Å². The summed E-state index contributed by atoms with van der Waals surface area (Å²) in [5.74, 6) is -0.526. The van der Waals surface area contributed by atoms with Crippen molar-refractivity contribution in [3.05, 3.63) is 73.2 Å². The van der Waals surface area contributed by atoms with E-state index in [1.165, 1.54) is 6.07 Å². The van der Waals surface area contributed by atoms with Gasteiger partial charge >= 0.3 is 0 Å². The molecule has 0 aromatic heterocycles. The summed E-state index contributed by atoms with van der Waals surface area (Å²) < 4.78 is 0. The van der Waals surface area contributed by atoms with Crippen LogP contribution >= 0.6 is 23.2 Å². The molecule has 0 spiro atoms. The van der Waals surface area contributed by atoms with Gasteiger partial charge in [0.25, 0.3) is 11.6 Å². The maximum atomic E-state index is 12.2. The monoisotopic (exact) mass is 338 g/mol. The summed E-state index contributed by atoms with van der Waals surface area (Å²) in [7, 11) is 0. The van der Waals surface area contributed by atoms with Crippen molar-refractivity contribution in [3.63, 3.8) is 0 Å². The first-order valence-electron chi connectivity index (χ1n) is 6.36. The fourth-order valence-electron chi connectivity index (χ4n) is 2.02. The average Bonchev–Trinajstić information content (AvgIpc) is 2.45. The second kappa shape index (κ2) is 6.77. The molecule has 0 aliphatic carbocycles. The van der Waals surface area contributed by atoms with Crippen LogP contribution in [0.1, 0.15) is 21.5 Å². The third-order valence-electron chi connectivity index (χ3n) is 3.12. The number of nitro benzene ring substituents is 1. The highest BCUT2D eigenvalue weighted by Gasteiger charge is 2.22. The topological polar surface area (TPSA) is 72.2 Å². The lowest BCUT2D eigenvalue weighted by molar-refractivity contribution is -0.385. The molecule has 114 valence electrons. The van der Waals surface area contributed by atoms with E-state index in [4.69, 9.17) is 23.2 Å². The molecule has 0 radical (unpaired) electrons. The number of halogens is 2. The quantitative estimate of drug-likeness (QED) is 0.672. The number of aryl methyl sites for hydroxylation is 1. The number of hydrogen-bond acceptors (Lipinski definition) is 3. The maximum absolute atomic E-state index is 12.2. The molecule has 0 fully saturated rings. The van der Waals surface area contributed by atoms with Gasteiger partial charge in [-0.25, -0.2) is 0 Å². The van der Waals surface area contributed by atoms with Gasteiger partial charge in [-0.1, -0.05) is 41.4 Å². The summed E-state index contributed by atoms with van der Waals surface area (Å²) in [5, 5.41) is 14.6. The first-order valence-corrected chi connectivity index (χ1v) is 7.12. The Morgan fingerprint density at radius 1 is 1.27 bits per heavy atom. The molecule has 0 atom stereocenters. The normalized spacial score (nSPS) is 10.3. The average molecular weight is 339 g/mol. The minimum Gasteiger partial charge on any atom is -0.348 e. The molecule has 2 aromatic carbocycles. The standard InChI is InChI=1S/C15H12Cl2N2O3/c1-9-3-2-4-12(14(9)19(21)22)15(20)18-8-10-5-6-11(16)7-13(10)17/h2-7H,8H2,1H3,(H,18,20). The molecule has 0 saturated heterocycles. The molecule has 0 aliphatic heterocycles. The molecule has 2 aromatic rings. The molecule has 0 heterocycles. The first kappa shape index (κ1) is 16.3. The van der Waals surface area contributed by atoms with Crippen LogP contribution in [-0.4, -0.2) is 10.8 Å². The van der Waals surface area contributed by atoms with E-state index in [2.05, 4.69) is 5.32 Å². The minimum atomic E-state index is -0.556. The molecule has 0 unspecified atom stereocenters. The van der Waals surface area contributed by atoms with Crippen molar-refractivity contribution in [2.45, 2.75) is 13.5 Å². The zero-order valence-electron chi connectivity index (χ0n) is 11.6. The third kappa shape index (κ3) is 3.55. The van der Waals surface area contributed by atoms with Crippen LogP contribution in [0.25, 0.3) is 0 Å². The Hall–Kier alpha value is -2.11. The van der Waals surface area contributed by atoms with E-state index in [-0.39, 0.29) is 17.8 Å². The molecule has 1 amide bonds. The van der Waals surface area contributed by atoms with Crippen LogP contribution in [0.15, 0.2) is 36.4 Å². The predicted molar refractivity (Wildman–Crippen MR) is 85.5 cm³/mol. The lowest BCUT2D eigenvalue weighted by atomic mass is 10.1. The molecule has 0 saturated carbocycles. The molecular formula is C15H12Cl2N2O3. The van der Waals surface area contributed by atoms with Gasteiger partial charge in [0.05, 0.1) is 4.92 Å². The van der Waals surface area contributed by atoms with Gasteiger partial charge in [-0.3, -0.25) is 14.9 Å². The van der Waals surface area contributed by atoms with Gasteiger partial charge in [0, 0.05) is 22.2 Å². The van der Waals surface area contributed by atoms with Crippen molar-refractivity contribution in [1.29, 1.82) is 0 Å². The van der Waals surface area contributed by atoms with E-state index < -0.39 is 10.8 Å². The molecule has 2 rings (SSSR count). The summed E-state index contributed by atoms with van der Waals surface area (Å²) in [5.41, 5.74) is 0.939. The molecule has 0 aliphatic rings. The number of para-hydroxylation sites is 1. The van der Waals surface area contributed by atoms with Gasteiger partial charge in [0.15, 0.2) is 0 Å². The van der Waals surface area contributed by atoms with Gasteiger partial charge < -0.3 is 5.32 Å². The van der Waals surface area contributed by atoms with Gasteiger partial charge in [-0.05, 0) is 30.7 Å². The van der Waals surface area contributed by atoms with Crippen LogP contribution in [0.4, 0.5) is 5.69 Å². The molecule has 1 N–H and O–H groups in total. The number of hydrogen-bond donors (Lipinski definition) is 1. The lowest BCUT2D eigenvalue weighted by Gasteiger charge is -2.08. The Kier molecular flexibility index (Phi) is 5.00. The second-order valence-electron chi connectivity index (χ2n) is 4.65. The Morgan fingerprint density at radius 3 is 2.64 bits per heavy atom. The van der Waals surface area contributed by atoms with Crippen LogP contribution in [0.3, 0.4) is 0 Å². The number of nitro groups is 1. The van der Waals surface area contributed by atoms with Crippen LogP contribution in [-0.2, 0) is 6.54 Å². The van der Waals surface area contributed by atoms with Crippen molar-refractivity contribution in [1.82, 2.24) is 5.32 Å². The fraction of sp³-hybridized carbons (Fsp3) is 0.133. The Morgan fingerprint density at radius 2 is 2.00 bits per heavy atom. The maximum Gasteiger partial charge on any atom is 0.285 e. The number of benzene rings is 2. The summed E-state index contributed by atoms with van der Waals surface area (Å²) >= 11 is 11.8. The highest BCUT2D eigenvalue weighted by atomic mass is 35.5. The zero-order chi connectivity index (χ0) is 16.3. The highest BCUT2D eigenvalue weighted by Crippen LogP contribution is 2.24. The van der Waals surface area contributed by atoms with Gasteiger partial charge in [-0.15, -0.1) is 0 Å². The zero-order valence-corrected chi connectivity index (χ0v) is 13.1. The molecule has 7 heteroatoms. The van der Waals surface area contributed by atoms with Crippen molar-refractivity contribution < 1.29 is 9.72 Å². The third-order valence-corrected chi connectivity index (χ3v) is 3.71. The van der Waals surface area contributed by atoms with E-state index in [1.54, 1.807) is 37.3 Å². The van der Waals surface area contributed by atoms with E-state index >= 15 is 0 Å². The van der Waals surface area contributed by atoms with E-state index in [0.29, 0.717) is 21.2 Å². The van der Waals surface area contributed by atoms with Gasteiger partial charge in [0.1, 0.15) is 5.56 Å². The van der Waals surface area contributed by atoms with E-state index in [9.17, 15) is 14.9 Å². The van der Waals surface area contributed by atoms with Crippen LogP contribution < -0.4 is 5.32 Å². The Labute approximate surface area is 137 Å². The SMILES string of the molecule is Cc1cccc(C(=O)NCc2ccc(Cl)cc2Cl)c1[N+](=O)[O-]. The van der Waals surface area contributed by atoms with Crippen molar-refractivity contribution >= 4 is 34.8 Å². The predicted octanol–water partition coefficient (Wildman–Crippen LogP) is 4.14. The van der Waals surface area contributed by atoms with Gasteiger partial charge in [-0.2, -0.15) is 0 Å². The largest absolute Gasteiger partial charge is 0.348 e. The summed E-state index contributed by atoms with van der Waals surface area (Å²) in [6.07, 6.45) is 0. The summed E-state index contributed by atoms with van der Waals surface area (Å²) in [6.45, 7) is 1.74. The fourth-order valence-corrected chi connectivity index (χ4v) is 2.50. The number of nitrogens with zero attached hydrogens (tertiary/aromatic N) is 1. The van der Waals surface area contributed by atoms with Crippen LogP contribution in [0.2, 0.25) is 10.0 Å². The first-order chi connectivity index (χ1) is 10.4. The van der Waals surface area contributed by atoms with Crippen LogP contribution in [0.5, 0.6) is 0 Å². The minimum absolute atomic E-state index is 0.0232. The number of amides is 1. The summed E-state index contributed by atoms with van der Waals surface area (Å²) in [6, 6.07) is 9.53. The smallest absolute Gasteiger partial charge is 0.285 e. The Balaban J connectivity index is 2.20. The van der Waals surface area contributed by atoms with Crippen molar-refractivity contribution in [2.75, 3.05) is 0 Å². The highest BCUT2D eigenvalue weighted by molar-refractivity contribution is 6.35. The number of nitrogens with one attached hydrogen (secondary N) is 1. The molecule has 22 heavy (non-hydrogen) atoms. The van der Waals surface area contributed by atoms with E-state index in [1.807, 2.05) is 0 Å². The number of carbonyl (C=O) groups excluding carboxylic acids is 1. The second-order valence-corrected chi connectivity index (χ2v) is 5.49. The summed E-state index contributed by atoms with van der Waals surface area (Å²) in [4.78, 5) is 22.7. The number of carbonyl (C=O) groups is 1. The number of rotatable bonds is 4. The Bertz CT molecular complexity index is 748. The molecule has 0 bridgehead atoms. The molecular weight excluding hydrogens is 327 g/mol. The van der Waals surface area contributed by atoms with Gasteiger partial charge in [0.2, 0.25) is 0 Å². The van der Waals surface area contributed by atoms with Crippen molar-refractivity contribution in [3.8, 4) is 0 Å². The lowest BCUT2D eigenvalue weighted by Crippen LogP contribution is -2.24. The van der Waals surface area contributed by atoms with Crippen LogP contribution in [0, 0.1) is 17.0 Å². The molecule has 5 nitrogen and oxygen atoms in total.